The van der Waals surface area contributed by atoms with Crippen LogP contribution in [0.3, 0.4) is 0 Å². The highest BCUT2D eigenvalue weighted by Crippen LogP contribution is 2.12. The van der Waals surface area contributed by atoms with Gasteiger partial charge in [0.25, 0.3) is 0 Å². The first-order valence-electron chi connectivity index (χ1n) is 2.61. The minimum Gasteiger partial charge on any atom is -0.377 e. The maximum atomic E-state index is 5.48. The molecule has 0 aromatic carbocycles. The first kappa shape index (κ1) is 5.39. The lowest BCUT2D eigenvalue weighted by Crippen LogP contribution is -2.04. The molecule has 0 radical (unpaired) electrons. The van der Waals surface area contributed by atoms with Crippen LogP contribution in [-0.4, -0.2) is 18.6 Å². The van der Waals surface area contributed by atoms with Crippen molar-refractivity contribution in [3.05, 3.63) is 0 Å². The minimum absolute atomic E-state index is 0.363. The van der Waals surface area contributed by atoms with E-state index in [0.29, 0.717) is 12.0 Å². The van der Waals surface area contributed by atoms with Gasteiger partial charge < -0.3 is 4.74 Å². The molecule has 1 aliphatic heterocycles. The Bertz CT molecular complexity index is 50.0. The van der Waals surface area contributed by atoms with Crippen LogP contribution in [0.5, 0.6) is 0 Å². The molecule has 0 aromatic heterocycles. The average molecular weight is 121 g/mol. The fourth-order valence-corrected chi connectivity index (χ4v) is 1.01. The third kappa shape index (κ3) is 1.32. The molecule has 0 aromatic rings. The maximum Gasteiger partial charge on any atom is 0.0711 e. The molecule has 1 atom stereocenters. The van der Waals surface area contributed by atoms with Crippen LogP contribution in [0, 0.1) is 0 Å². The molecule has 1 fully saturated rings. The zero-order valence-corrected chi connectivity index (χ0v) is 4.95. The molecule has 1 rings (SSSR count). The second-order valence-electron chi connectivity index (χ2n) is 1.79. The van der Waals surface area contributed by atoms with Gasteiger partial charge in [-0.3, -0.25) is 0 Å². The van der Waals surface area contributed by atoms with Crippen molar-refractivity contribution in [2.75, 3.05) is 12.5 Å². The standard InChI is InChI=1S/C5H9ClO/c6-4-5-2-1-3-7-5/h5H,1-4H2/t5-/m0/s1. The van der Waals surface area contributed by atoms with Crippen molar-refractivity contribution in [2.45, 2.75) is 18.9 Å². The molecule has 0 saturated carbocycles. The smallest absolute Gasteiger partial charge is 0.0711 e. The summed E-state index contributed by atoms with van der Waals surface area (Å²) in [5, 5.41) is 0. The summed E-state index contributed by atoms with van der Waals surface area (Å²) in [4.78, 5) is 0. The Morgan fingerprint density at radius 3 is 2.86 bits per heavy atom. The highest BCUT2D eigenvalue weighted by molar-refractivity contribution is 6.18. The lowest BCUT2D eigenvalue weighted by molar-refractivity contribution is 0.128. The van der Waals surface area contributed by atoms with Crippen LogP contribution < -0.4 is 0 Å². The molecule has 0 amide bonds. The van der Waals surface area contributed by atoms with E-state index in [2.05, 4.69) is 0 Å². The second-order valence-corrected chi connectivity index (χ2v) is 2.10. The number of hydrogen-bond donors (Lipinski definition) is 0. The summed E-state index contributed by atoms with van der Waals surface area (Å²) in [6.07, 6.45) is 2.71. The summed E-state index contributed by atoms with van der Waals surface area (Å²) >= 11 is 5.48. The van der Waals surface area contributed by atoms with Gasteiger partial charge in [0.2, 0.25) is 0 Å². The van der Waals surface area contributed by atoms with E-state index in [-0.39, 0.29) is 0 Å². The third-order valence-corrected chi connectivity index (χ3v) is 1.54. The van der Waals surface area contributed by atoms with Gasteiger partial charge in [0.15, 0.2) is 0 Å². The summed E-state index contributed by atoms with van der Waals surface area (Å²) in [6.45, 7) is 0.914. The predicted octanol–water partition coefficient (Wildman–Crippen LogP) is 1.40. The Morgan fingerprint density at radius 1 is 1.71 bits per heavy atom. The molecule has 1 saturated heterocycles. The van der Waals surface area contributed by atoms with Gasteiger partial charge >= 0.3 is 0 Å². The molecule has 1 heterocycles. The van der Waals surface area contributed by atoms with Crippen molar-refractivity contribution in [1.82, 2.24) is 0 Å². The van der Waals surface area contributed by atoms with Crippen molar-refractivity contribution >= 4 is 11.6 Å². The summed E-state index contributed by atoms with van der Waals surface area (Å²) in [5.41, 5.74) is 0. The number of alkyl halides is 1. The lowest BCUT2D eigenvalue weighted by Gasteiger charge is -1.99. The largest absolute Gasteiger partial charge is 0.377 e. The molecule has 1 nitrogen and oxygen atoms in total. The fraction of sp³-hybridized carbons (Fsp3) is 1.00. The molecule has 0 N–H and O–H groups in total. The van der Waals surface area contributed by atoms with E-state index in [1.54, 1.807) is 0 Å². The molecule has 42 valence electrons. The third-order valence-electron chi connectivity index (χ3n) is 1.20. The summed E-state index contributed by atoms with van der Waals surface area (Å²) in [5.74, 6) is 0.667. The zero-order valence-electron chi connectivity index (χ0n) is 4.19. The molecule has 7 heavy (non-hydrogen) atoms. The van der Waals surface area contributed by atoms with Gasteiger partial charge in [-0.2, -0.15) is 0 Å². The van der Waals surface area contributed by atoms with Crippen LogP contribution in [0.4, 0.5) is 0 Å². The van der Waals surface area contributed by atoms with Crippen LogP contribution in [0.15, 0.2) is 0 Å². The molecule has 2 heteroatoms. The Hall–Kier alpha value is 0.250. The Balaban J connectivity index is 2.14. The van der Waals surface area contributed by atoms with Gasteiger partial charge in [-0.05, 0) is 12.8 Å². The number of rotatable bonds is 1. The molecule has 0 spiro atoms. The first-order valence-corrected chi connectivity index (χ1v) is 3.14. The van der Waals surface area contributed by atoms with Gasteiger partial charge in [0.05, 0.1) is 6.10 Å². The van der Waals surface area contributed by atoms with Crippen molar-refractivity contribution in [3.8, 4) is 0 Å². The van der Waals surface area contributed by atoms with E-state index in [1.165, 1.54) is 6.42 Å². The fourth-order valence-electron chi connectivity index (χ4n) is 0.766. The van der Waals surface area contributed by atoms with Crippen LogP contribution in [0.1, 0.15) is 12.8 Å². The summed E-state index contributed by atoms with van der Waals surface area (Å²) < 4.78 is 5.17. The van der Waals surface area contributed by atoms with E-state index in [4.69, 9.17) is 16.3 Å². The van der Waals surface area contributed by atoms with E-state index >= 15 is 0 Å². The van der Waals surface area contributed by atoms with Crippen molar-refractivity contribution in [3.63, 3.8) is 0 Å². The molecule has 0 unspecified atom stereocenters. The number of halogens is 1. The van der Waals surface area contributed by atoms with Crippen LogP contribution >= 0.6 is 11.6 Å². The maximum absolute atomic E-state index is 5.48. The molecule has 1 aliphatic rings. The van der Waals surface area contributed by atoms with E-state index < -0.39 is 0 Å². The summed E-state index contributed by atoms with van der Waals surface area (Å²) in [6, 6.07) is 0. The van der Waals surface area contributed by atoms with E-state index in [0.717, 1.165) is 13.0 Å². The average Bonchev–Trinajstić information content (AvgIpc) is 2.14. The number of ether oxygens (including phenoxy) is 1. The van der Waals surface area contributed by atoms with Crippen LogP contribution in [0.2, 0.25) is 0 Å². The minimum atomic E-state index is 0.363. The predicted molar refractivity (Wildman–Crippen MR) is 29.7 cm³/mol. The van der Waals surface area contributed by atoms with Crippen LogP contribution in [0.25, 0.3) is 0 Å². The molecular weight excluding hydrogens is 112 g/mol. The van der Waals surface area contributed by atoms with E-state index in [1.807, 2.05) is 0 Å². The SMILES string of the molecule is ClC[C@@H]1CCCO1. The number of hydrogen-bond acceptors (Lipinski definition) is 1. The van der Waals surface area contributed by atoms with Gasteiger partial charge in [0.1, 0.15) is 0 Å². The van der Waals surface area contributed by atoms with Crippen molar-refractivity contribution in [1.29, 1.82) is 0 Å². The lowest BCUT2D eigenvalue weighted by atomic mass is 10.3. The Morgan fingerprint density at radius 2 is 2.57 bits per heavy atom. The zero-order chi connectivity index (χ0) is 5.11. The monoisotopic (exact) mass is 120 g/mol. The van der Waals surface area contributed by atoms with Crippen molar-refractivity contribution in [2.24, 2.45) is 0 Å². The Kier molecular flexibility index (Phi) is 1.95. The Labute approximate surface area is 48.6 Å². The van der Waals surface area contributed by atoms with Gasteiger partial charge in [-0.25, -0.2) is 0 Å². The molecule has 0 aliphatic carbocycles. The molecular formula is C5H9ClO. The normalized spacial score (nSPS) is 31.3. The highest BCUT2D eigenvalue weighted by atomic mass is 35.5. The van der Waals surface area contributed by atoms with Gasteiger partial charge in [-0.1, -0.05) is 0 Å². The van der Waals surface area contributed by atoms with Gasteiger partial charge in [0, 0.05) is 12.5 Å². The quantitative estimate of drug-likeness (QED) is 0.476. The second kappa shape index (κ2) is 2.53. The van der Waals surface area contributed by atoms with Crippen LogP contribution in [-0.2, 0) is 4.74 Å². The summed E-state index contributed by atoms with van der Waals surface area (Å²) in [7, 11) is 0. The highest BCUT2D eigenvalue weighted by Gasteiger charge is 2.12. The first-order chi connectivity index (χ1) is 3.43. The molecule has 0 bridgehead atoms. The van der Waals surface area contributed by atoms with Crippen molar-refractivity contribution < 1.29 is 4.74 Å². The topological polar surface area (TPSA) is 9.23 Å². The van der Waals surface area contributed by atoms with E-state index in [9.17, 15) is 0 Å². The van der Waals surface area contributed by atoms with Gasteiger partial charge in [-0.15, -0.1) is 11.6 Å².